The molecule has 0 saturated carbocycles. The minimum Gasteiger partial charge on any atom is -0.358 e. The molecule has 0 amide bonds. The molecule has 0 radical (unpaired) electrons. The summed E-state index contributed by atoms with van der Waals surface area (Å²) in [7, 11) is -3.43. The second-order valence-electron chi connectivity index (χ2n) is 7.20. The van der Waals surface area contributed by atoms with Crippen LogP contribution in [-0.4, -0.2) is 24.3 Å². The molecule has 3 heterocycles. The smallest absolute Gasteiger partial charge is 0.252 e. The number of H-pyrrole nitrogens is 1. The van der Waals surface area contributed by atoms with E-state index in [0.717, 1.165) is 34.2 Å². The average molecular weight is 389 g/mol. The minimum atomic E-state index is -3.43. The van der Waals surface area contributed by atoms with Crippen LogP contribution in [0.4, 0.5) is 0 Å². The highest BCUT2D eigenvalue weighted by molar-refractivity contribution is 7.91. The van der Waals surface area contributed by atoms with E-state index >= 15 is 0 Å². The van der Waals surface area contributed by atoms with Gasteiger partial charge in [-0.05, 0) is 47.7 Å². The van der Waals surface area contributed by atoms with Gasteiger partial charge in [0, 0.05) is 41.0 Å². The first-order valence-corrected chi connectivity index (χ1v) is 11.4. The molecule has 0 atom stereocenters. The quantitative estimate of drug-likeness (QED) is 0.706. The van der Waals surface area contributed by atoms with Gasteiger partial charge in [-0.3, -0.25) is 0 Å². The highest BCUT2D eigenvalue weighted by Gasteiger charge is 2.31. The lowest BCUT2D eigenvalue weighted by Crippen LogP contribution is -2.35. The van der Waals surface area contributed by atoms with E-state index in [1.165, 1.54) is 22.6 Å². The van der Waals surface area contributed by atoms with Crippen molar-refractivity contribution in [3.05, 3.63) is 52.0 Å². The Morgan fingerprint density at radius 3 is 2.73 bits per heavy atom. The number of fused-ring (bicyclic) bond motifs is 3. The maximum absolute atomic E-state index is 13.1. The third-order valence-corrected chi connectivity index (χ3v) is 8.75. The van der Waals surface area contributed by atoms with Crippen molar-refractivity contribution in [2.75, 3.05) is 6.54 Å². The van der Waals surface area contributed by atoms with Crippen molar-refractivity contribution in [1.29, 1.82) is 0 Å². The number of hydrogen-bond acceptors (Lipinski definition) is 3. The molecule has 0 spiro atoms. The van der Waals surface area contributed by atoms with Gasteiger partial charge in [-0.25, -0.2) is 8.42 Å². The second-order valence-corrected chi connectivity index (χ2v) is 10.5. The highest BCUT2D eigenvalue weighted by Crippen LogP contribution is 2.33. The van der Waals surface area contributed by atoms with Crippen LogP contribution >= 0.6 is 11.3 Å². The van der Waals surface area contributed by atoms with E-state index in [0.29, 0.717) is 23.2 Å². The number of nitrogens with one attached hydrogen (secondary N) is 1. The summed E-state index contributed by atoms with van der Waals surface area (Å²) in [6.07, 6.45) is 1.59. The zero-order valence-corrected chi connectivity index (χ0v) is 17.0. The summed E-state index contributed by atoms with van der Waals surface area (Å²) in [6.45, 7) is 7.38. The number of rotatable bonds is 4. The molecule has 3 aromatic rings. The van der Waals surface area contributed by atoms with Gasteiger partial charge in [-0.1, -0.05) is 26.8 Å². The summed E-state index contributed by atoms with van der Waals surface area (Å²) in [4.78, 5) is 4.59. The van der Waals surface area contributed by atoms with E-state index in [-0.39, 0.29) is 0 Å². The molecule has 1 N–H and O–H groups in total. The number of aromatic nitrogens is 1. The predicted octanol–water partition coefficient (Wildman–Crippen LogP) is 4.66. The molecular formula is C20H24N2O2S2. The van der Waals surface area contributed by atoms with E-state index in [1.807, 2.05) is 13.0 Å². The lowest BCUT2D eigenvalue weighted by Gasteiger charge is -2.26. The van der Waals surface area contributed by atoms with Crippen molar-refractivity contribution < 1.29 is 8.42 Å². The van der Waals surface area contributed by atoms with Gasteiger partial charge in [0.05, 0.1) is 0 Å². The molecule has 2 aromatic heterocycles. The number of hydrogen-bond donors (Lipinski definition) is 1. The summed E-state index contributed by atoms with van der Waals surface area (Å²) in [5, 5.41) is 1.16. The first-order chi connectivity index (χ1) is 12.4. The zero-order valence-electron chi connectivity index (χ0n) is 15.4. The van der Waals surface area contributed by atoms with E-state index in [4.69, 9.17) is 0 Å². The fraction of sp³-hybridized carbons (Fsp3) is 0.400. The average Bonchev–Trinajstić information content (AvgIpc) is 3.25. The molecule has 1 aromatic carbocycles. The lowest BCUT2D eigenvalue weighted by atomic mass is 9.99. The highest BCUT2D eigenvalue weighted by atomic mass is 32.2. The first-order valence-electron chi connectivity index (χ1n) is 9.12. The van der Waals surface area contributed by atoms with Crippen molar-refractivity contribution in [3.8, 4) is 0 Å². The van der Waals surface area contributed by atoms with E-state index in [9.17, 15) is 8.42 Å². The van der Waals surface area contributed by atoms with E-state index in [2.05, 4.69) is 37.0 Å². The van der Waals surface area contributed by atoms with Gasteiger partial charge in [-0.2, -0.15) is 4.31 Å². The fourth-order valence-electron chi connectivity index (χ4n) is 3.59. The van der Waals surface area contributed by atoms with Crippen LogP contribution < -0.4 is 0 Å². The Labute approximate surface area is 158 Å². The Hall–Kier alpha value is -1.63. The maximum Gasteiger partial charge on any atom is 0.252 e. The van der Waals surface area contributed by atoms with Crippen LogP contribution in [0.15, 0.2) is 34.5 Å². The SMILES string of the molecule is CCc1ccc(S(=O)(=O)N2CCc3[nH]c4ccc(C(C)C)cc4c3C2)s1. The Morgan fingerprint density at radius 2 is 2.04 bits per heavy atom. The third-order valence-electron chi connectivity index (χ3n) is 5.21. The predicted molar refractivity (Wildman–Crippen MR) is 107 cm³/mol. The topological polar surface area (TPSA) is 53.2 Å². The molecule has 0 bridgehead atoms. The van der Waals surface area contributed by atoms with Crippen LogP contribution in [0.2, 0.25) is 0 Å². The number of aromatic amines is 1. The van der Waals surface area contributed by atoms with Crippen molar-refractivity contribution in [2.45, 2.75) is 50.3 Å². The molecule has 4 rings (SSSR count). The van der Waals surface area contributed by atoms with Crippen molar-refractivity contribution in [3.63, 3.8) is 0 Å². The molecule has 4 nitrogen and oxygen atoms in total. The molecule has 0 unspecified atom stereocenters. The second kappa shape index (κ2) is 6.51. The normalized spacial score (nSPS) is 15.7. The number of thiophene rings is 1. The van der Waals surface area contributed by atoms with Gasteiger partial charge in [0.15, 0.2) is 0 Å². The molecule has 0 aliphatic carbocycles. The number of sulfonamides is 1. The van der Waals surface area contributed by atoms with Gasteiger partial charge in [0.1, 0.15) is 4.21 Å². The molecule has 1 aliphatic heterocycles. The minimum absolute atomic E-state index is 0.443. The van der Waals surface area contributed by atoms with Crippen LogP contribution in [0.1, 0.15) is 48.4 Å². The molecule has 0 fully saturated rings. The van der Waals surface area contributed by atoms with Crippen LogP contribution in [0.5, 0.6) is 0 Å². The van der Waals surface area contributed by atoms with Gasteiger partial charge in [-0.15, -0.1) is 11.3 Å². The number of benzene rings is 1. The molecule has 0 saturated heterocycles. The maximum atomic E-state index is 13.1. The Morgan fingerprint density at radius 1 is 1.23 bits per heavy atom. The summed E-state index contributed by atoms with van der Waals surface area (Å²) in [5.41, 5.74) is 4.69. The summed E-state index contributed by atoms with van der Waals surface area (Å²) in [5.74, 6) is 0.451. The van der Waals surface area contributed by atoms with E-state index in [1.54, 1.807) is 10.4 Å². The van der Waals surface area contributed by atoms with Gasteiger partial charge in [0.25, 0.3) is 10.0 Å². The first kappa shape index (κ1) is 17.8. The largest absolute Gasteiger partial charge is 0.358 e. The molecule has 1 aliphatic rings. The monoisotopic (exact) mass is 388 g/mol. The Balaban J connectivity index is 1.72. The fourth-order valence-corrected chi connectivity index (χ4v) is 6.44. The zero-order chi connectivity index (χ0) is 18.5. The van der Waals surface area contributed by atoms with Crippen LogP contribution in [0.25, 0.3) is 10.9 Å². The molecule has 6 heteroatoms. The lowest BCUT2D eigenvalue weighted by molar-refractivity contribution is 0.392. The van der Waals surface area contributed by atoms with Gasteiger partial charge >= 0.3 is 0 Å². The van der Waals surface area contributed by atoms with E-state index < -0.39 is 10.0 Å². The molecule has 138 valence electrons. The van der Waals surface area contributed by atoms with Crippen LogP contribution in [0, 0.1) is 0 Å². The van der Waals surface area contributed by atoms with Crippen molar-refractivity contribution in [1.82, 2.24) is 9.29 Å². The molecule has 26 heavy (non-hydrogen) atoms. The standard InChI is InChI=1S/C20H24N2O2S2/c1-4-15-6-8-20(25-15)26(23,24)22-10-9-19-17(12-22)16-11-14(13(2)3)5-7-18(16)21-19/h5-8,11,13,21H,4,9-10,12H2,1-3H3. The Bertz CT molecular complexity index is 1060. The Kier molecular flexibility index (Phi) is 4.45. The summed E-state index contributed by atoms with van der Waals surface area (Å²) in [6, 6.07) is 10.2. The number of nitrogens with zero attached hydrogens (tertiary/aromatic N) is 1. The van der Waals surface area contributed by atoms with Crippen LogP contribution in [0.3, 0.4) is 0 Å². The summed E-state index contributed by atoms with van der Waals surface area (Å²) < 4.78 is 28.3. The van der Waals surface area contributed by atoms with Crippen molar-refractivity contribution in [2.24, 2.45) is 0 Å². The summed E-state index contributed by atoms with van der Waals surface area (Å²) >= 11 is 1.39. The number of aryl methyl sites for hydroxylation is 1. The van der Waals surface area contributed by atoms with Crippen molar-refractivity contribution >= 4 is 32.3 Å². The molecular weight excluding hydrogens is 364 g/mol. The van der Waals surface area contributed by atoms with Gasteiger partial charge < -0.3 is 4.98 Å². The van der Waals surface area contributed by atoms with Gasteiger partial charge in [0.2, 0.25) is 0 Å². The van der Waals surface area contributed by atoms with Crippen LogP contribution in [-0.2, 0) is 29.4 Å². The third kappa shape index (κ3) is 2.90.